The van der Waals surface area contributed by atoms with E-state index in [-0.39, 0.29) is 17.1 Å². The van der Waals surface area contributed by atoms with Crippen molar-refractivity contribution in [1.82, 2.24) is 15.3 Å². The van der Waals surface area contributed by atoms with Crippen LogP contribution in [0.4, 0.5) is 0 Å². The Morgan fingerprint density at radius 3 is 2.28 bits per heavy atom. The monoisotopic (exact) mass is 464 g/mol. The smallest absolute Gasteiger partial charge is 0.0874 e. The van der Waals surface area contributed by atoms with Gasteiger partial charge in [-0.2, -0.15) is 0 Å². The predicted molar refractivity (Wildman–Crippen MR) is 126 cm³/mol. The fraction of sp³-hybridized carbons (Fsp3) is 0. The molecule has 5 nitrogen and oxygen atoms in total. The van der Waals surface area contributed by atoms with Gasteiger partial charge in [0, 0.05) is 44.7 Å². The number of aromatic amines is 2. The van der Waals surface area contributed by atoms with E-state index in [1.54, 1.807) is 0 Å². The summed E-state index contributed by atoms with van der Waals surface area (Å²) < 4.78 is 0. The van der Waals surface area contributed by atoms with Crippen LogP contribution >= 0.6 is 0 Å². The van der Waals surface area contributed by atoms with Crippen molar-refractivity contribution in [2.75, 3.05) is 0 Å². The van der Waals surface area contributed by atoms with Gasteiger partial charge in [-0.05, 0) is 66.3 Å². The Bertz CT molecular complexity index is 1510. The molecule has 6 heteroatoms. The molecule has 0 amide bonds. The minimum Gasteiger partial charge on any atom is -0.355 e. The van der Waals surface area contributed by atoms with Crippen molar-refractivity contribution in [3.8, 4) is 0 Å². The van der Waals surface area contributed by atoms with E-state index in [1.807, 2.05) is 72.8 Å². The zero-order valence-electron chi connectivity index (χ0n) is 16.9. The second-order valence-electron chi connectivity index (χ2n) is 7.68. The minimum atomic E-state index is 0. The van der Waals surface area contributed by atoms with E-state index < -0.39 is 0 Å². The zero-order chi connectivity index (χ0) is 20.8. The Balaban J connectivity index is 0.00000216. The molecule has 0 unspecified atom stereocenters. The van der Waals surface area contributed by atoms with E-state index in [2.05, 4.69) is 33.5 Å². The predicted octanol–water partition coefficient (Wildman–Crippen LogP) is 3.23. The van der Waals surface area contributed by atoms with Gasteiger partial charge in [0.05, 0.1) is 28.5 Å². The number of fused-ring (bicyclic) bond motifs is 7. The molecule has 1 radical (unpaired) electrons. The van der Waals surface area contributed by atoms with Crippen LogP contribution in [0.2, 0.25) is 0 Å². The summed E-state index contributed by atoms with van der Waals surface area (Å²) in [5.41, 5.74) is 7.64. The molecule has 3 aliphatic rings. The van der Waals surface area contributed by atoms with Gasteiger partial charge in [-0.15, -0.1) is 0 Å². The van der Waals surface area contributed by atoms with Gasteiger partial charge in [0.2, 0.25) is 0 Å². The third kappa shape index (κ3) is 3.66. The van der Waals surface area contributed by atoms with E-state index >= 15 is 0 Å². The first-order valence-electron chi connectivity index (χ1n) is 10.1. The van der Waals surface area contributed by atoms with Gasteiger partial charge in [0.25, 0.3) is 0 Å². The van der Waals surface area contributed by atoms with Crippen molar-refractivity contribution >= 4 is 35.2 Å². The second-order valence-corrected chi connectivity index (χ2v) is 7.68. The number of hydrogen-bond acceptors (Lipinski definition) is 3. The van der Waals surface area contributed by atoms with Gasteiger partial charge < -0.3 is 15.3 Å². The van der Waals surface area contributed by atoms with E-state index in [0.29, 0.717) is 5.71 Å². The Labute approximate surface area is 195 Å². The fourth-order valence-corrected chi connectivity index (χ4v) is 4.04. The minimum absolute atomic E-state index is 0. The van der Waals surface area contributed by atoms with Crippen LogP contribution in [-0.4, -0.2) is 21.4 Å². The molecule has 8 bridgehead atoms. The van der Waals surface area contributed by atoms with Crippen molar-refractivity contribution in [2.45, 2.75) is 0 Å². The van der Waals surface area contributed by atoms with Crippen LogP contribution in [0, 0.1) is 5.41 Å². The number of allylic oxidation sites excluding steroid dienone is 4. The van der Waals surface area contributed by atoms with Crippen LogP contribution in [0.1, 0.15) is 17.0 Å². The molecule has 3 aliphatic heterocycles. The molecular formula is C26H19CuN5. The van der Waals surface area contributed by atoms with Crippen LogP contribution in [0.25, 0.3) is 23.8 Å². The number of H-pyrrole nitrogens is 2. The molecule has 0 spiro atoms. The first-order valence-corrected chi connectivity index (χ1v) is 10.1. The van der Waals surface area contributed by atoms with Crippen LogP contribution in [-0.2, 0) is 17.1 Å². The largest absolute Gasteiger partial charge is 0.355 e. The molecule has 0 fully saturated rings. The van der Waals surface area contributed by atoms with Gasteiger partial charge in [-0.25, -0.2) is 4.99 Å². The quantitative estimate of drug-likeness (QED) is 0.410. The number of nitrogens with zero attached hydrogens (tertiary/aromatic N) is 1. The van der Waals surface area contributed by atoms with Crippen molar-refractivity contribution in [1.29, 1.82) is 5.41 Å². The van der Waals surface area contributed by atoms with E-state index in [0.717, 1.165) is 56.0 Å². The molecular weight excluding hydrogens is 446 g/mol. The van der Waals surface area contributed by atoms with Crippen molar-refractivity contribution in [3.05, 3.63) is 118 Å². The summed E-state index contributed by atoms with van der Waals surface area (Å²) in [6.07, 6.45) is 12.1. The summed E-state index contributed by atoms with van der Waals surface area (Å²) in [6.45, 7) is 0. The molecule has 159 valence electrons. The first kappa shape index (κ1) is 20.1. The molecule has 2 aromatic heterocycles. The van der Waals surface area contributed by atoms with Crippen molar-refractivity contribution < 1.29 is 17.1 Å². The first-order chi connectivity index (χ1) is 15.2. The normalized spacial score (nSPS) is 16.4. The Morgan fingerprint density at radius 1 is 0.719 bits per heavy atom. The van der Waals surface area contributed by atoms with Crippen molar-refractivity contribution in [2.24, 2.45) is 4.99 Å². The summed E-state index contributed by atoms with van der Waals surface area (Å²) in [5, 5.41) is 14.3. The third-order valence-electron chi connectivity index (χ3n) is 5.47. The maximum absolute atomic E-state index is 8.87. The molecule has 4 N–H and O–H groups in total. The standard InChI is InChI=1S/C26H19N5.Cu/c27-26-24-15-22-11-9-20(30-22)13-18-7-6-17(28-18)12-19-8-10-21(29-19)14-23(31-24)25(26)16-4-2-1-3-5-16;/h1-15,27-28,30-31H;. The molecule has 0 saturated carbocycles. The molecule has 1 aromatic carbocycles. The second kappa shape index (κ2) is 8.00. The Morgan fingerprint density at radius 2 is 1.47 bits per heavy atom. The molecule has 32 heavy (non-hydrogen) atoms. The molecule has 0 atom stereocenters. The summed E-state index contributed by atoms with van der Waals surface area (Å²) in [7, 11) is 0. The molecule has 0 saturated heterocycles. The van der Waals surface area contributed by atoms with Gasteiger partial charge in [-0.1, -0.05) is 30.3 Å². The van der Waals surface area contributed by atoms with E-state index in [1.165, 1.54) is 0 Å². The van der Waals surface area contributed by atoms with Gasteiger partial charge in [0.15, 0.2) is 0 Å². The van der Waals surface area contributed by atoms with Gasteiger partial charge in [0.1, 0.15) is 0 Å². The van der Waals surface area contributed by atoms with Gasteiger partial charge in [-0.3, -0.25) is 5.41 Å². The van der Waals surface area contributed by atoms with Gasteiger partial charge >= 0.3 is 0 Å². The zero-order valence-corrected chi connectivity index (χ0v) is 17.9. The summed E-state index contributed by atoms with van der Waals surface area (Å²) in [5.74, 6) is 0. The maximum Gasteiger partial charge on any atom is 0.0874 e. The van der Waals surface area contributed by atoms with E-state index in [4.69, 9.17) is 10.4 Å². The molecule has 3 aromatic rings. The van der Waals surface area contributed by atoms with Crippen molar-refractivity contribution in [3.63, 3.8) is 0 Å². The number of aromatic nitrogens is 2. The SMILES string of the molecule is N=C1C2=Cc3ccc([nH]3)C=c3ccc([nH]3)=CC3=NC(=CC(=C1c1ccccc1)N2)C=C3.[Cu]. The number of nitrogens with one attached hydrogen (secondary N) is 4. The van der Waals surface area contributed by atoms with Crippen LogP contribution in [0.15, 0.2) is 94.9 Å². The number of aliphatic imine (C=N–C) groups is 1. The fourth-order valence-electron chi connectivity index (χ4n) is 4.04. The number of benzene rings is 1. The molecule has 0 aliphatic carbocycles. The van der Waals surface area contributed by atoms with E-state index in [9.17, 15) is 0 Å². The average Bonchev–Trinajstić information content (AvgIpc) is 3.55. The summed E-state index contributed by atoms with van der Waals surface area (Å²) in [6, 6.07) is 18.2. The number of rotatable bonds is 1. The molecule has 5 heterocycles. The average molecular weight is 465 g/mol. The maximum atomic E-state index is 8.87. The summed E-state index contributed by atoms with van der Waals surface area (Å²) >= 11 is 0. The summed E-state index contributed by atoms with van der Waals surface area (Å²) in [4.78, 5) is 11.6. The van der Waals surface area contributed by atoms with Crippen LogP contribution in [0.5, 0.6) is 0 Å². The Kier molecular flexibility index (Phi) is 5.02. The van der Waals surface area contributed by atoms with Crippen LogP contribution in [0.3, 0.4) is 0 Å². The Hall–Kier alpha value is -3.86. The van der Waals surface area contributed by atoms with Crippen LogP contribution < -0.4 is 16.0 Å². The third-order valence-corrected chi connectivity index (χ3v) is 5.47. The topological polar surface area (TPSA) is 79.8 Å². The number of hydrogen-bond donors (Lipinski definition) is 4. The molecule has 6 rings (SSSR count).